The summed E-state index contributed by atoms with van der Waals surface area (Å²) in [7, 11) is 0. The molecule has 1 aliphatic heterocycles. The first kappa shape index (κ1) is 14.6. The fraction of sp³-hybridized carbons (Fsp3) is 0.500. The van der Waals surface area contributed by atoms with E-state index in [0.717, 1.165) is 6.54 Å². The highest BCUT2D eigenvalue weighted by molar-refractivity contribution is 6.36. The number of hydrogen-bond acceptors (Lipinski definition) is 1. The zero-order chi connectivity index (χ0) is 13.8. The van der Waals surface area contributed by atoms with Crippen LogP contribution in [0.5, 0.6) is 0 Å². The number of benzene rings is 1. The number of nitrogens with one attached hydrogen (secondary N) is 2. The van der Waals surface area contributed by atoms with Crippen molar-refractivity contribution in [2.24, 2.45) is 0 Å². The molecule has 0 radical (unpaired) electrons. The zero-order valence-electron chi connectivity index (χ0n) is 11.0. The second kappa shape index (κ2) is 6.60. The van der Waals surface area contributed by atoms with Crippen molar-refractivity contribution in [3.8, 4) is 0 Å². The van der Waals surface area contributed by atoms with Crippen LogP contribution in [0.4, 0.5) is 5.69 Å². The lowest BCUT2D eigenvalue weighted by molar-refractivity contribution is -0.920. The van der Waals surface area contributed by atoms with Crippen molar-refractivity contribution in [2.45, 2.75) is 32.2 Å². The van der Waals surface area contributed by atoms with Crippen LogP contribution >= 0.6 is 23.2 Å². The van der Waals surface area contributed by atoms with Crippen molar-refractivity contribution >= 4 is 34.8 Å². The molecule has 19 heavy (non-hydrogen) atoms. The number of amides is 1. The molecule has 0 spiro atoms. The lowest BCUT2D eigenvalue weighted by Crippen LogP contribution is -3.17. The average molecular weight is 302 g/mol. The number of rotatable bonds is 3. The van der Waals surface area contributed by atoms with Gasteiger partial charge in [0.25, 0.3) is 5.91 Å². The Labute approximate surface area is 123 Å². The van der Waals surface area contributed by atoms with Crippen LogP contribution in [0.15, 0.2) is 18.2 Å². The van der Waals surface area contributed by atoms with E-state index in [9.17, 15) is 4.79 Å². The van der Waals surface area contributed by atoms with Crippen molar-refractivity contribution in [1.29, 1.82) is 0 Å². The Balaban J connectivity index is 1.93. The van der Waals surface area contributed by atoms with Gasteiger partial charge in [0, 0.05) is 5.02 Å². The summed E-state index contributed by atoms with van der Waals surface area (Å²) in [5.74, 6) is 0.00738. The molecule has 0 aliphatic carbocycles. The minimum atomic E-state index is 0.00738. The van der Waals surface area contributed by atoms with Crippen LogP contribution in [0.2, 0.25) is 10.0 Å². The summed E-state index contributed by atoms with van der Waals surface area (Å²) in [6, 6.07) is 5.65. The summed E-state index contributed by atoms with van der Waals surface area (Å²) in [6.07, 6.45) is 3.67. The molecule has 1 heterocycles. The molecule has 1 fully saturated rings. The van der Waals surface area contributed by atoms with Gasteiger partial charge in [-0.25, -0.2) is 0 Å². The first-order valence-electron chi connectivity index (χ1n) is 6.66. The van der Waals surface area contributed by atoms with Crippen molar-refractivity contribution in [3.05, 3.63) is 28.2 Å². The zero-order valence-corrected chi connectivity index (χ0v) is 12.5. The van der Waals surface area contributed by atoms with E-state index in [1.807, 2.05) is 0 Å². The Kier molecular flexibility index (Phi) is 5.08. The van der Waals surface area contributed by atoms with Gasteiger partial charge in [-0.05, 0) is 44.4 Å². The third-order valence-corrected chi connectivity index (χ3v) is 4.22. The normalized spacial score (nSPS) is 23.1. The Morgan fingerprint density at radius 2 is 2.21 bits per heavy atom. The van der Waals surface area contributed by atoms with Gasteiger partial charge in [0.15, 0.2) is 6.54 Å². The molecule has 1 saturated heterocycles. The number of quaternary nitrogens is 1. The quantitative estimate of drug-likeness (QED) is 0.883. The van der Waals surface area contributed by atoms with Crippen molar-refractivity contribution in [3.63, 3.8) is 0 Å². The highest BCUT2D eigenvalue weighted by Crippen LogP contribution is 2.25. The molecule has 1 aromatic carbocycles. The van der Waals surface area contributed by atoms with Crippen LogP contribution in [-0.2, 0) is 4.79 Å². The molecule has 1 unspecified atom stereocenters. The van der Waals surface area contributed by atoms with Gasteiger partial charge < -0.3 is 10.2 Å². The first-order valence-corrected chi connectivity index (χ1v) is 7.41. The number of piperidine rings is 1. The fourth-order valence-electron chi connectivity index (χ4n) is 2.51. The predicted octanol–water partition coefficient (Wildman–Crippen LogP) is 2.39. The van der Waals surface area contributed by atoms with Crippen LogP contribution < -0.4 is 10.2 Å². The van der Waals surface area contributed by atoms with E-state index in [-0.39, 0.29) is 5.91 Å². The first-order chi connectivity index (χ1) is 9.06. The maximum absolute atomic E-state index is 12.0. The molecule has 104 valence electrons. The Hall–Kier alpha value is -0.770. The minimum absolute atomic E-state index is 0.00738. The Morgan fingerprint density at radius 1 is 1.42 bits per heavy atom. The van der Waals surface area contributed by atoms with Gasteiger partial charge in [-0.1, -0.05) is 23.2 Å². The minimum Gasteiger partial charge on any atom is -0.325 e. The molecule has 2 rings (SSSR count). The van der Waals surface area contributed by atoms with Gasteiger partial charge >= 0.3 is 0 Å². The maximum Gasteiger partial charge on any atom is 0.279 e. The summed E-state index contributed by atoms with van der Waals surface area (Å²) in [5, 5.41) is 3.90. The highest BCUT2D eigenvalue weighted by atomic mass is 35.5. The maximum atomic E-state index is 12.0. The molecule has 5 heteroatoms. The predicted molar refractivity (Wildman–Crippen MR) is 79.1 cm³/mol. The summed E-state index contributed by atoms with van der Waals surface area (Å²) < 4.78 is 0. The molecule has 1 aromatic rings. The molecule has 0 saturated carbocycles. The summed E-state index contributed by atoms with van der Waals surface area (Å²) in [5.41, 5.74) is 0.625. The van der Waals surface area contributed by atoms with E-state index in [2.05, 4.69) is 12.2 Å². The monoisotopic (exact) mass is 301 g/mol. The van der Waals surface area contributed by atoms with Crippen molar-refractivity contribution < 1.29 is 9.69 Å². The number of anilines is 1. The third-order valence-electron chi connectivity index (χ3n) is 3.67. The van der Waals surface area contributed by atoms with Crippen molar-refractivity contribution in [1.82, 2.24) is 0 Å². The van der Waals surface area contributed by atoms with E-state index < -0.39 is 0 Å². The molecule has 0 bridgehead atoms. The van der Waals surface area contributed by atoms with E-state index in [1.165, 1.54) is 24.2 Å². The van der Waals surface area contributed by atoms with Crippen LogP contribution in [0.25, 0.3) is 0 Å². The van der Waals surface area contributed by atoms with Gasteiger partial charge in [0.2, 0.25) is 0 Å². The van der Waals surface area contributed by atoms with Crippen LogP contribution in [0.1, 0.15) is 26.2 Å². The Bertz CT molecular complexity index is 465. The number of carbonyl (C=O) groups is 1. The number of hydrogen-bond donors (Lipinski definition) is 2. The standard InChI is InChI=1S/C14H18Cl2N2O/c1-10-4-2-3-7-18(10)9-14(19)17-13-6-5-11(15)8-12(13)16/h5-6,8,10H,2-4,7,9H2,1H3,(H,17,19)/p+1/t10-/m0/s1. The lowest BCUT2D eigenvalue weighted by atomic mass is 10.0. The molecular formula is C14H19Cl2N2O+. The van der Waals surface area contributed by atoms with Gasteiger partial charge in [0.1, 0.15) is 0 Å². The van der Waals surface area contributed by atoms with E-state index in [1.54, 1.807) is 18.2 Å². The molecule has 1 amide bonds. The molecule has 2 N–H and O–H groups in total. The van der Waals surface area contributed by atoms with Crippen LogP contribution in [0.3, 0.4) is 0 Å². The fourth-order valence-corrected chi connectivity index (χ4v) is 2.96. The smallest absolute Gasteiger partial charge is 0.279 e. The van der Waals surface area contributed by atoms with Crippen LogP contribution in [-0.4, -0.2) is 25.0 Å². The number of carbonyl (C=O) groups excluding carboxylic acids is 1. The molecule has 1 aliphatic rings. The van der Waals surface area contributed by atoms with Gasteiger partial charge in [-0.2, -0.15) is 0 Å². The van der Waals surface area contributed by atoms with Crippen molar-refractivity contribution in [2.75, 3.05) is 18.4 Å². The second-order valence-corrected chi connectivity index (χ2v) is 6.00. The van der Waals surface area contributed by atoms with Gasteiger partial charge in [0.05, 0.1) is 23.3 Å². The largest absolute Gasteiger partial charge is 0.325 e. The summed E-state index contributed by atoms with van der Waals surface area (Å²) in [6.45, 7) is 3.78. The van der Waals surface area contributed by atoms with Gasteiger partial charge in [-0.15, -0.1) is 0 Å². The summed E-state index contributed by atoms with van der Waals surface area (Å²) >= 11 is 11.9. The van der Waals surface area contributed by atoms with E-state index in [4.69, 9.17) is 23.2 Å². The molecule has 3 nitrogen and oxygen atoms in total. The number of halogens is 2. The highest BCUT2D eigenvalue weighted by Gasteiger charge is 2.24. The lowest BCUT2D eigenvalue weighted by Gasteiger charge is -2.29. The average Bonchev–Trinajstić information content (AvgIpc) is 2.36. The molecule has 2 atom stereocenters. The van der Waals surface area contributed by atoms with Crippen LogP contribution in [0, 0.1) is 0 Å². The molecular weight excluding hydrogens is 283 g/mol. The summed E-state index contributed by atoms with van der Waals surface area (Å²) in [4.78, 5) is 13.4. The Morgan fingerprint density at radius 3 is 2.89 bits per heavy atom. The van der Waals surface area contributed by atoms with Gasteiger partial charge in [-0.3, -0.25) is 4.79 Å². The van der Waals surface area contributed by atoms with E-state index in [0.29, 0.717) is 28.3 Å². The second-order valence-electron chi connectivity index (χ2n) is 5.15. The number of likely N-dealkylation sites (tertiary alicyclic amines) is 1. The third kappa shape index (κ3) is 4.10. The van der Waals surface area contributed by atoms with E-state index >= 15 is 0 Å². The SMILES string of the molecule is C[C@H]1CCCC[NH+]1CC(=O)Nc1ccc(Cl)cc1Cl. The molecule has 0 aromatic heterocycles. The topological polar surface area (TPSA) is 33.5 Å².